The lowest BCUT2D eigenvalue weighted by atomic mass is 10.2. The summed E-state index contributed by atoms with van der Waals surface area (Å²) in [6.07, 6.45) is 0. The predicted octanol–water partition coefficient (Wildman–Crippen LogP) is 2.37. The number of hydrogen-bond donors (Lipinski definition) is 1. The lowest BCUT2D eigenvalue weighted by Gasteiger charge is -2.19. The van der Waals surface area contributed by atoms with Crippen LogP contribution in [0.2, 0.25) is 0 Å². The summed E-state index contributed by atoms with van der Waals surface area (Å²) in [5, 5.41) is 0. The average molecular weight is 290 g/mol. The number of benzene rings is 1. The summed E-state index contributed by atoms with van der Waals surface area (Å²) in [5.74, 6) is 1.30. The number of aromatic nitrogens is 2. The maximum Gasteiger partial charge on any atom is 0.158 e. The molecule has 1 aromatic heterocycles. The van der Waals surface area contributed by atoms with Crippen molar-refractivity contribution in [3.8, 4) is 0 Å². The fourth-order valence-electron chi connectivity index (χ4n) is 1.92. The minimum Gasteiger partial charge on any atom is -0.384 e. The Morgan fingerprint density at radius 3 is 2.76 bits per heavy atom. The van der Waals surface area contributed by atoms with Crippen LogP contribution in [0.1, 0.15) is 18.3 Å². The fraction of sp³-hybridized carbons (Fsp3) is 0.333. The van der Waals surface area contributed by atoms with Crippen molar-refractivity contribution in [2.45, 2.75) is 20.1 Å². The number of hydrogen-bond acceptors (Lipinski definition) is 5. The van der Waals surface area contributed by atoms with Crippen molar-refractivity contribution >= 4 is 11.6 Å². The Hall–Kier alpha value is -2.21. The van der Waals surface area contributed by atoms with Crippen molar-refractivity contribution in [2.75, 3.05) is 24.3 Å². The first kappa shape index (κ1) is 15.2. The van der Waals surface area contributed by atoms with Gasteiger partial charge in [0, 0.05) is 31.8 Å². The van der Waals surface area contributed by atoms with Gasteiger partial charge in [-0.1, -0.05) is 18.2 Å². The molecule has 1 heterocycles. The zero-order valence-corrected chi connectivity index (χ0v) is 12.2. The molecule has 2 rings (SSSR count). The van der Waals surface area contributed by atoms with Crippen LogP contribution in [0.4, 0.5) is 16.0 Å². The normalized spacial score (nSPS) is 10.6. The summed E-state index contributed by atoms with van der Waals surface area (Å²) in [6, 6.07) is 8.33. The van der Waals surface area contributed by atoms with Gasteiger partial charge in [0.1, 0.15) is 24.1 Å². The van der Waals surface area contributed by atoms with Crippen LogP contribution < -0.4 is 10.6 Å². The van der Waals surface area contributed by atoms with E-state index in [0.717, 1.165) is 0 Å². The molecule has 6 heteroatoms. The highest BCUT2D eigenvalue weighted by Gasteiger charge is 2.10. The van der Waals surface area contributed by atoms with E-state index in [2.05, 4.69) is 9.97 Å². The van der Waals surface area contributed by atoms with Gasteiger partial charge in [-0.3, -0.25) is 0 Å². The van der Waals surface area contributed by atoms with Crippen LogP contribution >= 0.6 is 0 Å². The van der Waals surface area contributed by atoms with E-state index >= 15 is 0 Å². The molecule has 2 aromatic rings. The second kappa shape index (κ2) is 6.99. The molecule has 0 amide bonds. The second-order valence-corrected chi connectivity index (χ2v) is 4.65. The van der Waals surface area contributed by atoms with E-state index in [4.69, 9.17) is 10.5 Å². The molecule has 1 aromatic carbocycles. The number of anilines is 2. The topological polar surface area (TPSA) is 64.3 Å². The largest absolute Gasteiger partial charge is 0.384 e. The van der Waals surface area contributed by atoms with Crippen LogP contribution in [0.3, 0.4) is 0 Å². The lowest BCUT2D eigenvalue weighted by molar-refractivity contribution is 0.128. The van der Waals surface area contributed by atoms with E-state index < -0.39 is 0 Å². The molecule has 0 atom stereocenters. The third-order valence-corrected chi connectivity index (χ3v) is 2.97. The molecule has 0 saturated carbocycles. The zero-order valence-electron chi connectivity index (χ0n) is 12.2. The van der Waals surface area contributed by atoms with Gasteiger partial charge in [0.15, 0.2) is 5.82 Å². The van der Waals surface area contributed by atoms with Gasteiger partial charge < -0.3 is 15.4 Å². The van der Waals surface area contributed by atoms with Gasteiger partial charge in [0.05, 0.1) is 0 Å². The SMILES string of the molecule is CCOCc1nc(N)cc(N(C)Cc2ccccc2F)n1. The Labute approximate surface area is 123 Å². The molecule has 0 radical (unpaired) electrons. The van der Waals surface area contributed by atoms with Crippen molar-refractivity contribution in [2.24, 2.45) is 0 Å². The monoisotopic (exact) mass is 290 g/mol. The summed E-state index contributed by atoms with van der Waals surface area (Å²) in [7, 11) is 1.83. The lowest BCUT2D eigenvalue weighted by Crippen LogP contribution is -2.20. The number of nitrogens with zero attached hydrogens (tertiary/aromatic N) is 3. The van der Waals surface area contributed by atoms with Gasteiger partial charge in [0.25, 0.3) is 0 Å². The third kappa shape index (κ3) is 4.13. The van der Waals surface area contributed by atoms with Gasteiger partial charge >= 0.3 is 0 Å². The van der Waals surface area contributed by atoms with Gasteiger partial charge in [0.2, 0.25) is 0 Å². The molecule has 0 aliphatic rings. The van der Waals surface area contributed by atoms with E-state index in [0.29, 0.717) is 42.8 Å². The van der Waals surface area contributed by atoms with Crippen molar-refractivity contribution in [3.05, 3.63) is 47.5 Å². The standard InChI is InChI=1S/C15H19FN4O/c1-3-21-10-14-18-13(17)8-15(19-14)20(2)9-11-6-4-5-7-12(11)16/h4-8H,3,9-10H2,1-2H3,(H2,17,18,19). The highest BCUT2D eigenvalue weighted by molar-refractivity contribution is 5.47. The summed E-state index contributed by atoms with van der Waals surface area (Å²) in [5.41, 5.74) is 6.39. The fourth-order valence-corrected chi connectivity index (χ4v) is 1.92. The van der Waals surface area contributed by atoms with E-state index in [-0.39, 0.29) is 5.82 Å². The molecule has 21 heavy (non-hydrogen) atoms. The highest BCUT2D eigenvalue weighted by atomic mass is 19.1. The Morgan fingerprint density at radius 2 is 2.05 bits per heavy atom. The van der Waals surface area contributed by atoms with Crippen molar-refractivity contribution in [3.63, 3.8) is 0 Å². The minimum atomic E-state index is -0.235. The van der Waals surface area contributed by atoms with Crippen molar-refractivity contribution in [1.29, 1.82) is 0 Å². The van der Waals surface area contributed by atoms with Crippen LogP contribution in [0.15, 0.2) is 30.3 Å². The molecule has 0 spiro atoms. The van der Waals surface area contributed by atoms with Crippen molar-refractivity contribution in [1.82, 2.24) is 9.97 Å². The van der Waals surface area contributed by atoms with E-state index in [1.807, 2.05) is 18.9 Å². The molecule has 5 nitrogen and oxygen atoms in total. The summed E-state index contributed by atoms with van der Waals surface area (Å²) >= 11 is 0. The zero-order chi connectivity index (χ0) is 15.2. The molecule has 0 aliphatic heterocycles. The number of rotatable bonds is 6. The maximum absolute atomic E-state index is 13.7. The van der Waals surface area contributed by atoms with Crippen LogP contribution in [0.5, 0.6) is 0 Å². The van der Waals surface area contributed by atoms with Gasteiger partial charge in [-0.2, -0.15) is 0 Å². The number of nitrogens with two attached hydrogens (primary N) is 1. The molecule has 2 N–H and O–H groups in total. The molecule has 0 bridgehead atoms. The Balaban J connectivity index is 2.16. The molecular formula is C15H19FN4O. The molecule has 112 valence electrons. The Morgan fingerprint density at radius 1 is 1.29 bits per heavy atom. The predicted molar refractivity (Wildman–Crippen MR) is 80.3 cm³/mol. The highest BCUT2D eigenvalue weighted by Crippen LogP contribution is 2.17. The number of halogens is 1. The van der Waals surface area contributed by atoms with Crippen LogP contribution in [-0.4, -0.2) is 23.6 Å². The molecule has 0 unspecified atom stereocenters. The van der Waals surface area contributed by atoms with Gasteiger partial charge in [-0.15, -0.1) is 0 Å². The quantitative estimate of drug-likeness (QED) is 0.885. The number of ether oxygens (including phenoxy) is 1. The van der Waals surface area contributed by atoms with Gasteiger partial charge in [-0.25, -0.2) is 14.4 Å². The van der Waals surface area contributed by atoms with Gasteiger partial charge in [-0.05, 0) is 13.0 Å². The summed E-state index contributed by atoms with van der Waals surface area (Å²) < 4.78 is 19.0. The summed E-state index contributed by atoms with van der Waals surface area (Å²) in [6.45, 7) is 3.19. The van der Waals surface area contributed by atoms with Crippen LogP contribution in [0, 0.1) is 5.82 Å². The minimum absolute atomic E-state index is 0.235. The van der Waals surface area contributed by atoms with E-state index in [9.17, 15) is 4.39 Å². The second-order valence-electron chi connectivity index (χ2n) is 4.65. The first-order chi connectivity index (χ1) is 10.1. The van der Waals surface area contributed by atoms with E-state index in [1.165, 1.54) is 6.07 Å². The molecule has 0 aliphatic carbocycles. The van der Waals surface area contributed by atoms with E-state index in [1.54, 1.807) is 24.3 Å². The Bertz CT molecular complexity index is 606. The van der Waals surface area contributed by atoms with Crippen LogP contribution in [0.25, 0.3) is 0 Å². The third-order valence-electron chi connectivity index (χ3n) is 2.97. The first-order valence-corrected chi connectivity index (χ1v) is 6.76. The summed E-state index contributed by atoms with van der Waals surface area (Å²) in [4.78, 5) is 10.3. The average Bonchev–Trinajstić information content (AvgIpc) is 2.47. The molecule has 0 fully saturated rings. The smallest absolute Gasteiger partial charge is 0.158 e. The first-order valence-electron chi connectivity index (χ1n) is 6.76. The maximum atomic E-state index is 13.7. The van der Waals surface area contributed by atoms with Crippen LogP contribution in [-0.2, 0) is 17.9 Å². The molecular weight excluding hydrogens is 271 g/mol. The number of nitrogen functional groups attached to an aromatic ring is 1. The van der Waals surface area contributed by atoms with Crippen molar-refractivity contribution < 1.29 is 9.13 Å². The molecule has 0 saturated heterocycles. The Kier molecular flexibility index (Phi) is 5.05.